The van der Waals surface area contributed by atoms with Gasteiger partial charge in [-0.05, 0) is 53.6 Å². The minimum Gasteiger partial charge on any atom is -0.448 e. The molecule has 2 aromatic rings. The fraction of sp³-hybridized carbons (Fsp3) is 0.316. The molecule has 0 aromatic heterocycles. The number of anilines is 1. The molecule has 2 aromatic carbocycles. The van der Waals surface area contributed by atoms with E-state index < -0.39 is 10.7 Å². The van der Waals surface area contributed by atoms with Crippen LogP contribution in [-0.4, -0.2) is 16.6 Å². The van der Waals surface area contributed by atoms with Gasteiger partial charge < -0.3 is 14.8 Å². The molecule has 0 radical (unpaired) electrons. The highest BCUT2D eigenvalue weighted by Crippen LogP contribution is 2.46. The van der Waals surface area contributed by atoms with Crippen molar-refractivity contribution in [2.45, 2.75) is 37.9 Å². The van der Waals surface area contributed by atoms with Crippen LogP contribution in [-0.2, 0) is 0 Å². The summed E-state index contributed by atoms with van der Waals surface area (Å²) < 4.78 is 12.6. The van der Waals surface area contributed by atoms with Gasteiger partial charge in [0.05, 0.1) is 10.5 Å². The molecule has 7 nitrogen and oxygen atoms in total. The second-order valence-electron chi connectivity index (χ2n) is 6.71. The predicted molar refractivity (Wildman–Crippen MR) is 107 cm³/mol. The van der Waals surface area contributed by atoms with Crippen LogP contribution in [0.25, 0.3) is 0 Å². The number of carbonyl (C=O) groups excluding carboxylic acids is 1. The molecule has 1 spiro atoms. The van der Waals surface area contributed by atoms with E-state index in [1.165, 1.54) is 24.6 Å². The summed E-state index contributed by atoms with van der Waals surface area (Å²) in [5.74, 6) is 0.435. The van der Waals surface area contributed by atoms with Crippen molar-refractivity contribution in [1.29, 1.82) is 0 Å². The van der Waals surface area contributed by atoms with Gasteiger partial charge in [-0.1, -0.05) is 6.42 Å². The average molecular weight is 480 g/mol. The Bertz CT molecular complexity index is 924. The Morgan fingerprint density at radius 2 is 1.81 bits per heavy atom. The average Bonchev–Trinajstić information content (AvgIpc) is 2.98. The molecule has 1 aliphatic heterocycles. The summed E-state index contributed by atoms with van der Waals surface area (Å²) >= 11 is 1.92. The Balaban J connectivity index is 1.51. The quantitative estimate of drug-likeness (QED) is 0.384. The first-order chi connectivity index (χ1) is 13.0. The molecular formula is C19H17IN2O5. The van der Waals surface area contributed by atoms with Crippen molar-refractivity contribution in [2.75, 3.05) is 5.32 Å². The number of carbonyl (C=O) groups is 1. The van der Waals surface area contributed by atoms with Crippen LogP contribution in [0, 0.1) is 13.7 Å². The van der Waals surface area contributed by atoms with E-state index in [0.29, 0.717) is 26.3 Å². The summed E-state index contributed by atoms with van der Waals surface area (Å²) in [5.41, 5.74) is 0.920. The number of benzene rings is 2. The number of nitrogens with one attached hydrogen (secondary N) is 1. The summed E-state index contributed by atoms with van der Waals surface area (Å²) in [6.45, 7) is 0. The van der Waals surface area contributed by atoms with E-state index in [0.717, 1.165) is 25.7 Å². The maximum atomic E-state index is 12.6. The molecule has 1 fully saturated rings. The van der Waals surface area contributed by atoms with Crippen molar-refractivity contribution >= 4 is 39.9 Å². The number of fused-ring (bicyclic) bond motifs is 1. The van der Waals surface area contributed by atoms with Crippen molar-refractivity contribution in [2.24, 2.45) is 0 Å². The van der Waals surface area contributed by atoms with Crippen LogP contribution in [0.1, 0.15) is 42.5 Å². The standard InChI is InChI=1S/C19H17IN2O5/c20-15-11-13(22(24)25)5-6-14(15)18(23)21-12-4-7-16-17(10-12)27-19(26-16)8-2-1-3-9-19/h4-7,10-11H,1-3,8-9H2,(H,21,23). The molecule has 4 rings (SSSR count). The Hall–Kier alpha value is -2.36. The highest BCUT2D eigenvalue weighted by molar-refractivity contribution is 14.1. The first-order valence-electron chi connectivity index (χ1n) is 8.73. The van der Waals surface area contributed by atoms with Crippen LogP contribution in [0.15, 0.2) is 36.4 Å². The third-order valence-corrected chi connectivity index (χ3v) is 5.71. The number of non-ortho nitro benzene ring substituents is 1. The van der Waals surface area contributed by atoms with Gasteiger partial charge in [-0.25, -0.2) is 0 Å². The van der Waals surface area contributed by atoms with Gasteiger partial charge in [0, 0.05) is 40.3 Å². The number of hydrogen-bond acceptors (Lipinski definition) is 5. The highest BCUT2D eigenvalue weighted by Gasteiger charge is 2.42. The largest absolute Gasteiger partial charge is 0.448 e. The van der Waals surface area contributed by atoms with Crippen LogP contribution < -0.4 is 14.8 Å². The molecular weight excluding hydrogens is 463 g/mol. The zero-order chi connectivity index (χ0) is 19.0. The van der Waals surface area contributed by atoms with Gasteiger partial charge in [0.25, 0.3) is 17.4 Å². The Kier molecular flexibility index (Phi) is 4.67. The van der Waals surface area contributed by atoms with Crippen molar-refractivity contribution in [3.8, 4) is 11.5 Å². The van der Waals surface area contributed by atoms with Crippen molar-refractivity contribution in [3.63, 3.8) is 0 Å². The van der Waals surface area contributed by atoms with Crippen LogP contribution in [0.3, 0.4) is 0 Å². The fourth-order valence-electron chi connectivity index (χ4n) is 3.47. The second-order valence-corrected chi connectivity index (χ2v) is 7.87. The van der Waals surface area contributed by atoms with Crippen LogP contribution >= 0.6 is 22.6 Å². The van der Waals surface area contributed by atoms with Gasteiger partial charge >= 0.3 is 0 Å². The zero-order valence-electron chi connectivity index (χ0n) is 14.4. The van der Waals surface area contributed by atoms with Gasteiger partial charge in [0.15, 0.2) is 11.5 Å². The van der Waals surface area contributed by atoms with Gasteiger partial charge in [-0.3, -0.25) is 14.9 Å². The maximum absolute atomic E-state index is 12.6. The van der Waals surface area contributed by atoms with Crippen LogP contribution in [0.2, 0.25) is 0 Å². The topological polar surface area (TPSA) is 90.7 Å². The zero-order valence-corrected chi connectivity index (χ0v) is 16.5. The van der Waals surface area contributed by atoms with Gasteiger partial charge in [0.2, 0.25) is 0 Å². The molecule has 1 aliphatic carbocycles. The molecule has 2 aliphatic rings. The molecule has 27 heavy (non-hydrogen) atoms. The molecule has 1 N–H and O–H groups in total. The van der Waals surface area contributed by atoms with E-state index in [9.17, 15) is 14.9 Å². The van der Waals surface area contributed by atoms with E-state index in [2.05, 4.69) is 5.32 Å². The normalized spacial score (nSPS) is 16.9. The predicted octanol–water partition coefficient (Wildman–Crippen LogP) is 4.88. The Morgan fingerprint density at radius 1 is 1.07 bits per heavy atom. The number of nitro groups is 1. The summed E-state index contributed by atoms with van der Waals surface area (Å²) in [5, 5.41) is 13.7. The summed E-state index contributed by atoms with van der Waals surface area (Å²) in [4.78, 5) is 22.9. The molecule has 1 saturated carbocycles. The Labute approximate surface area is 169 Å². The molecule has 1 amide bonds. The summed E-state index contributed by atoms with van der Waals surface area (Å²) in [7, 11) is 0. The lowest BCUT2D eigenvalue weighted by Gasteiger charge is -2.31. The van der Waals surface area contributed by atoms with E-state index in [4.69, 9.17) is 9.47 Å². The molecule has 140 valence electrons. The highest BCUT2D eigenvalue weighted by atomic mass is 127. The number of nitrogens with zero attached hydrogens (tertiary/aromatic N) is 1. The van der Waals surface area contributed by atoms with E-state index in [1.807, 2.05) is 22.6 Å². The van der Waals surface area contributed by atoms with Crippen molar-refractivity contribution in [1.82, 2.24) is 0 Å². The number of ether oxygens (including phenoxy) is 2. The third kappa shape index (κ3) is 3.58. The number of amides is 1. The smallest absolute Gasteiger partial charge is 0.270 e. The molecule has 0 saturated heterocycles. The number of rotatable bonds is 3. The number of nitro benzene ring substituents is 1. The number of halogens is 1. The minimum atomic E-state index is -0.559. The third-order valence-electron chi connectivity index (χ3n) is 4.82. The first kappa shape index (κ1) is 18.0. The summed E-state index contributed by atoms with van der Waals surface area (Å²) in [6, 6.07) is 9.48. The number of hydrogen-bond donors (Lipinski definition) is 1. The van der Waals surface area contributed by atoms with Crippen molar-refractivity contribution < 1.29 is 19.2 Å². The van der Waals surface area contributed by atoms with Gasteiger partial charge in [-0.2, -0.15) is 0 Å². The first-order valence-corrected chi connectivity index (χ1v) is 9.81. The summed E-state index contributed by atoms with van der Waals surface area (Å²) in [6.07, 6.45) is 5.08. The molecule has 1 heterocycles. The van der Waals surface area contributed by atoms with Crippen LogP contribution in [0.4, 0.5) is 11.4 Å². The minimum absolute atomic E-state index is 0.0446. The monoisotopic (exact) mass is 480 g/mol. The molecule has 0 unspecified atom stereocenters. The fourth-order valence-corrected chi connectivity index (χ4v) is 4.21. The molecule has 8 heteroatoms. The second kappa shape index (κ2) is 6.99. The van der Waals surface area contributed by atoms with E-state index in [1.54, 1.807) is 18.2 Å². The SMILES string of the molecule is O=C(Nc1ccc2c(c1)OC1(CCCCC1)O2)c1ccc([N+](=O)[O-])cc1I. The van der Waals surface area contributed by atoms with Crippen LogP contribution in [0.5, 0.6) is 11.5 Å². The van der Waals surface area contributed by atoms with Gasteiger partial charge in [0.1, 0.15) is 0 Å². The maximum Gasteiger partial charge on any atom is 0.270 e. The lowest BCUT2D eigenvalue weighted by Crippen LogP contribution is -2.40. The van der Waals surface area contributed by atoms with Crippen molar-refractivity contribution in [3.05, 3.63) is 55.6 Å². The van der Waals surface area contributed by atoms with E-state index in [-0.39, 0.29) is 11.6 Å². The lowest BCUT2D eigenvalue weighted by atomic mass is 9.94. The van der Waals surface area contributed by atoms with E-state index >= 15 is 0 Å². The lowest BCUT2D eigenvalue weighted by molar-refractivity contribution is -0.384. The molecule has 0 bridgehead atoms. The molecule has 0 atom stereocenters. The Morgan fingerprint density at radius 3 is 2.52 bits per heavy atom. The van der Waals surface area contributed by atoms with Gasteiger partial charge in [-0.15, -0.1) is 0 Å².